The monoisotopic (exact) mass is 208 g/mol. The van der Waals surface area contributed by atoms with Gasteiger partial charge in [0.05, 0.1) is 11.0 Å². The number of aromatic nitrogens is 2. The number of hydrogen-bond donors (Lipinski definition) is 0. The van der Waals surface area contributed by atoms with Gasteiger partial charge >= 0.3 is 0 Å². The van der Waals surface area contributed by atoms with Gasteiger partial charge in [0, 0.05) is 12.4 Å². The Labute approximate surface area is 94.0 Å². The molecule has 1 heterocycles. The number of benzene rings is 2. The third-order valence-corrected chi connectivity index (χ3v) is 2.89. The van der Waals surface area contributed by atoms with E-state index in [-0.39, 0.29) is 0 Å². The zero-order chi connectivity index (χ0) is 11.1. The molecule has 0 unspecified atom stereocenters. The molecule has 0 saturated carbocycles. The lowest BCUT2D eigenvalue weighted by Gasteiger charge is -2.05. The third-order valence-electron chi connectivity index (χ3n) is 2.89. The molecule has 2 aromatic carbocycles. The molecule has 3 rings (SSSR count). The van der Waals surface area contributed by atoms with Crippen molar-refractivity contribution in [2.24, 2.45) is 0 Å². The minimum atomic E-state index is 0.958. The van der Waals surface area contributed by atoms with Crippen LogP contribution in [0.3, 0.4) is 0 Å². The molecule has 0 aliphatic rings. The van der Waals surface area contributed by atoms with Crippen LogP contribution in [-0.2, 0) is 0 Å². The van der Waals surface area contributed by atoms with Crippen LogP contribution in [0.2, 0.25) is 0 Å². The van der Waals surface area contributed by atoms with Crippen LogP contribution < -0.4 is 0 Å². The highest BCUT2D eigenvalue weighted by Gasteiger charge is 2.02. The average Bonchev–Trinajstić information content (AvgIpc) is 2.27. The highest BCUT2D eigenvalue weighted by molar-refractivity contribution is 5.96. The Morgan fingerprint density at radius 2 is 1.50 bits per heavy atom. The first-order valence-corrected chi connectivity index (χ1v) is 5.36. The van der Waals surface area contributed by atoms with Crippen LogP contribution in [0.5, 0.6) is 0 Å². The van der Waals surface area contributed by atoms with E-state index in [1.54, 1.807) is 12.4 Å². The fourth-order valence-electron chi connectivity index (χ4n) is 2.19. The summed E-state index contributed by atoms with van der Waals surface area (Å²) in [5.41, 5.74) is 4.50. The topological polar surface area (TPSA) is 25.8 Å². The maximum Gasteiger partial charge on any atom is 0.0893 e. The van der Waals surface area contributed by atoms with Gasteiger partial charge in [0.2, 0.25) is 0 Å². The molecule has 0 saturated heterocycles. The second kappa shape index (κ2) is 3.27. The van der Waals surface area contributed by atoms with Gasteiger partial charge in [-0.05, 0) is 42.3 Å². The van der Waals surface area contributed by atoms with Gasteiger partial charge in [-0.25, -0.2) is 0 Å². The largest absolute Gasteiger partial charge is 0.253 e. The molecule has 0 radical (unpaired) electrons. The Morgan fingerprint density at radius 3 is 2.25 bits per heavy atom. The van der Waals surface area contributed by atoms with Gasteiger partial charge in [0.15, 0.2) is 0 Å². The van der Waals surface area contributed by atoms with Crippen molar-refractivity contribution in [2.45, 2.75) is 13.8 Å². The Balaban J connectivity index is 2.51. The number of hydrogen-bond acceptors (Lipinski definition) is 2. The Bertz CT molecular complexity index is 687. The van der Waals surface area contributed by atoms with Gasteiger partial charge in [-0.15, -0.1) is 0 Å². The lowest BCUT2D eigenvalue weighted by atomic mass is 10.0. The first-order chi connectivity index (χ1) is 7.74. The normalized spacial score (nSPS) is 11.1. The lowest BCUT2D eigenvalue weighted by Crippen LogP contribution is -1.86. The summed E-state index contributed by atoms with van der Waals surface area (Å²) in [5.74, 6) is 0. The first kappa shape index (κ1) is 9.28. The fraction of sp³-hybridized carbons (Fsp3) is 0.143. The Hall–Kier alpha value is -1.96. The second-order valence-corrected chi connectivity index (χ2v) is 4.20. The van der Waals surface area contributed by atoms with E-state index in [1.165, 1.54) is 21.9 Å². The van der Waals surface area contributed by atoms with Crippen LogP contribution in [0.15, 0.2) is 36.7 Å². The molecule has 0 fully saturated rings. The highest BCUT2D eigenvalue weighted by atomic mass is 14.8. The fourth-order valence-corrected chi connectivity index (χ4v) is 2.19. The third kappa shape index (κ3) is 1.34. The van der Waals surface area contributed by atoms with Crippen molar-refractivity contribution in [3.05, 3.63) is 47.8 Å². The highest BCUT2D eigenvalue weighted by Crippen LogP contribution is 2.24. The standard InChI is InChI=1S/C14H12N2/c1-9-5-10(2)12-8-14-13(7-11(12)6-9)15-3-4-16-14/h3-8H,1-2H3. The number of rotatable bonds is 0. The van der Waals surface area contributed by atoms with Crippen molar-refractivity contribution in [1.29, 1.82) is 0 Å². The zero-order valence-corrected chi connectivity index (χ0v) is 9.36. The lowest BCUT2D eigenvalue weighted by molar-refractivity contribution is 1.30. The van der Waals surface area contributed by atoms with E-state index in [0.29, 0.717) is 0 Å². The molecule has 0 aliphatic heterocycles. The summed E-state index contributed by atoms with van der Waals surface area (Å²) in [7, 11) is 0. The molecule has 0 amide bonds. The quantitative estimate of drug-likeness (QED) is 0.529. The van der Waals surface area contributed by atoms with Crippen molar-refractivity contribution in [1.82, 2.24) is 9.97 Å². The van der Waals surface area contributed by atoms with Crippen molar-refractivity contribution in [3.8, 4) is 0 Å². The SMILES string of the molecule is Cc1cc(C)c2cc3nccnc3cc2c1. The predicted molar refractivity (Wildman–Crippen MR) is 66.5 cm³/mol. The summed E-state index contributed by atoms with van der Waals surface area (Å²) in [6.07, 6.45) is 3.47. The summed E-state index contributed by atoms with van der Waals surface area (Å²) in [6, 6.07) is 8.62. The first-order valence-electron chi connectivity index (χ1n) is 5.36. The molecule has 0 spiro atoms. The summed E-state index contributed by atoms with van der Waals surface area (Å²) < 4.78 is 0. The van der Waals surface area contributed by atoms with Gasteiger partial charge in [-0.1, -0.05) is 17.7 Å². The summed E-state index contributed by atoms with van der Waals surface area (Å²) in [6.45, 7) is 4.25. The van der Waals surface area contributed by atoms with Crippen LogP contribution in [0.25, 0.3) is 21.8 Å². The smallest absolute Gasteiger partial charge is 0.0893 e. The molecule has 1 aromatic heterocycles. The molecule has 16 heavy (non-hydrogen) atoms. The van der Waals surface area contributed by atoms with Gasteiger partial charge in [0.25, 0.3) is 0 Å². The van der Waals surface area contributed by atoms with Gasteiger partial charge in [-0.2, -0.15) is 0 Å². The van der Waals surface area contributed by atoms with E-state index in [0.717, 1.165) is 11.0 Å². The number of fused-ring (bicyclic) bond motifs is 2. The summed E-state index contributed by atoms with van der Waals surface area (Å²) >= 11 is 0. The average molecular weight is 208 g/mol. The zero-order valence-electron chi connectivity index (χ0n) is 9.36. The van der Waals surface area contributed by atoms with E-state index in [9.17, 15) is 0 Å². The Morgan fingerprint density at radius 1 is 0.812 bits per heavy atom. The van der Waals surface area contributed by atoms with E-state index in [4.69, 9.17) is 0 Å². The van der Waals surface area contributed by atoms with Crippen LogP contribution in [0, 0.1) is 13.8 Å². The predicted octanol–water partition coefficient (Wildman–Crippen LogP) is 3.40. The molecule has 3 aromatic rings. The van der Waals surface area contributed by atoms with Crippen molar-refractivity contribution in [3.63, 3.8) is 0 Å². The van der Waals surface area contributed by atoms with Crippen molar-refractivity contribution >= 4 is 21.8 Å². The van der Waals surface area contributed by atoms with Crippen molar-refractivity contribution in [2.75, 3.05) is 0 Å². The van der Waals surface area contributed by atoms with E-state index in [2.05, 4.69) is 48.1 Å². The van der Waals surface area contributed by atoms with Crippen LogP contribution in [0.1, 0.15) is 11.1 Å². The number of aryl methyl sites for hydroxylation is 2. The summed E-state index contributed by atoms with van der Waals surface area (Å²) in [4.78, 5) is 8.66. The molecular formula is C14H12N2. The van der Waals surface area contributed by atoms with Gasteiger partial charge in [0.1, 0.15) is 0 Å². The molecule has 2 nitrogen and oxygen atoms in total. The second-order valence-electron chi connectivity index (χ2n) is 4.20. The number of nitrogens with zero attached hydrogens (tertiary/aromatic N) is 2. The maximum absolute atomic E-state index is 4.33. The molecule has 0 atom stereocenters. The molecular weight excluding hydrogens is 196 g/mol. The van der Waals surface area contributed by atoms with Crippen LogP contribution in [0.4, 0.5) is 0 Å². The Kier molecular flexibility index (Phi) is 1.90. The van der Waals surface area contributed by atoms with Gasteiger partial charge < -0.3 is 0 Å². The molecule has 0 bridgehead atoms. The minimum absolute atomic E-state index is 0.958. The molecule has 0 aliphatic carbocycles. The van der Waals surface area contributed by atoms with Gasteiger partial charge in [-0.3, -0.25) is 9.97 Å². The van der Waals surface area contributed by atoms with Crippen LogP contribution in [-0.4, -0.2) is 9.97 Å². The minimum Gasteiger partial charge on any atom is -0.253 e. The van der Waals surface area contributed by atoms with E-state index >= 15 is 0 Å². The maximum atomic E-state index is 4.33. The van der Waals surface area contributed by atoms with E-state index < -0.39 is 0 Å². The van der Waals surface area contributed by atoms with E-state index in [1.807, 2.05) is 0 Å². The summed E-state index contributed by atoms with van der Waals surface area (Å²) in [5, 5.41) is 2.50. The molecule has 2 heteroatoms. The van der Waals surface area contributed by atoms with Crippen LogP contribution >= 0.6 is 0 Å². The molecule has 78 valence electrons. The van der Waals surface area contributed by atoms with Crippen molar-refractivity contribution < 1.29 is 0 Å². The molecule has 0 N–H and O–H groups in total.